The minimum atomic E-state index is -0.265. The van der Waals surface area contributed by atoms with Crippen molar-refractivity contribution in [1.82, 2.24) is 4.90 Å². The van der Waals surface area contributed by atoms with Gasteiger partial charge in [-0.25, -0.2) is 4.39 Å². The van der Waals surface area contributed by atoms with Crippen LogP contribution in [0.1, 0.15) is 23.2 Å². The molecule has 0 N–H and O–H groups in total. The maximum atomic E-state index is 13.3. The number of likely N-dealkylation sites (tertiary alicyclic amines) is 1. The normalized spacial score (nSPS) is 14.6. The van der Waals surface area contributed by atoms with E-state index in [1.807, 2.05) is 35.2 Å². The van der Waals surface area contributed by atoms with E-state index in [9.17, 15) is 9.18 Å². The summed E-state index contributed by atoms with van der Waals surface area (Å²) in [5, 5.41) is 0. The lowest BCUT2D eigenvalue weighted by Gasteiger charge is -2.15. The van der Waals surface area contributed by atoms with Gasteiger partial charge in [-0.3, -0.25) is 4.79 Å². The van der Waals surface area contributed by atoms with Gasteiger partial charge in [0, 0.05) is 18.7 Å². The number of carbonyl (C=O) groups excluding carboxylic acids is 1. The van der Waals surface area contributed by atoms with Gasteiger partial charge in [-0.2, -0.15) is 0 Å². The van der Waals surface area contributed by atoms with Crippen molar-refractivity contribution < 1.29 is 9.18 Å². The third-order valence-electron chi connectivity index (χ3n) is 3.66. The molecule has 1 heterocycles. The average molecular weight is 269 g/mol. The summed E-state index contributed by atoms with van der Waals surface area (Å²) in [6.45, 7) is 1.67. The van der Waals surface area contributed by atoms with E-state index in [-0.39, 0.29) is 11.7 Å². The van der Waals surface area contributed by atoms with Crippen molar-refractivity contribution in [2.75, 3.05) is 13.1 Å². The van der Waals surface area contributed by atoms with Crippen LogP contribution < -0.4 is 0 Å². The van der Waals surface area contributed by atoms with Crippen LogP contribution in [0.25, 0.3) is 11.1 Å². The molecule has 0 atom stereocenters. The van der Waals surface area contributed by atoms with E-state index in [2.05, 4.69) is 0 Å². The Morgan fingerprint density at radius 3 is 2.30 bits per heavy atom. The average Bonchev–Trinajstić information content (AvgIpc) is 3.01. The van der Waals surface area contributed by atoms with E-state index in [1.165, 1.54) is 12.1 Å². The summed E-state index contributed by atoms with van der Waals surface area (Å²) in [4.78, 5) is 14.2. The molecule has 1 aliphatic rings. The molecule has 2 aromatic rings. The molecule has 102 valence electrons. The summed E-state index contributed by atoms with van der Waals surface area (Å²) in [5.74, 6) is -0.195. The number of carbonyl (C=O) groups is 1. The largest absolute Gasteiger partial charge is 0.339 e. The molecule has 0 unspecified atom stereocenters. The molecule has 20 heavy (non-hydrogen) atoms. The predicted molar refractivity (Wildman–Crippen MR) is 77.0 cm³/mol. The molecule has 0 saturated carbocycles. The van der Waals surface area contributed by atoms with Gasteiger partial charge in [0.05, 0.1) is 0 Å². The fraction of sp³-hybridized carbons (Fsp3) is 0.235. The summed E-state index contributed by atoms with van der Waals surface area (Å²) in [6, 6.07) is 13.8. The first-order valence-corrected chi connectivity index (χ1v) is 6.89. The molecule has 0 radical (unpaired) electrons. The molecular weight excluding hydrogens is 253 g/mol. The van der Waals surface area contributed by atoms with Gasteiger partial charge in [-0.05, 0) is 48.2 Å². The molecule has 3 heteroatoms. The van der Waals surface area contributed by atoms with Crippen LogP contribution >= 0.6 is 0 Å². The third-order valence-corrected chi connectivity index (χ3v) is 3.66. The maximum absolute atomic E-state index is 13.3. The van der Waals surface area contributed by atoms with Crippen molar-refractivity contribution in [1.29, 1.82) is 0 Å². The highest BCUT2D eigenvalue weighted by Crippen LogP contribution is 2.22. The number of benzene rings is 2. The van der Waals surface area contributed by atoms with Gasteiger partial charge in [-0.1, -0.05) is 24.3 Å². The first-order valence-electron chi connectivity index (χ1n) is 6.89. The van der Waals surface area contributed by atoms with E-state index in [1.54, 1.807) is 6.07 Å². The fourth-order valence-electron chi connectivity index (χ4n) is 2.60. The van der Waals surface area contributed by atoms with Crippen LogP contribution in [0, 0.1) is 5.82 Å². The van der Waals surface area contributed by atoms with Gasteiger partial charge >= 0.3 is 0 Å². The van der Waals surface area contributed by atoms with Gasteiger partial charge < -0.3 is 4.90 Å². The summed E-state index contributed by atoms with van der Waals surface area (Å²) >= 11 is 0. The van der Waals surface area contributed by atoms with Crippen molar-refractivity contribution >= 4 is 5.91 Å². The highest BCUT2D eigenvalue weighted by molar-refractivity contribution is 5.95. The van der Waals surface area contributed by atoms with Crippen LogP contribution in [0.2, 0.25) is 0 Å². The zero-order valence-corrected chi connectivity index (χ0v) is 11.2. The van der Waals surface area contributed by atoms with Gasteiger partial charge in [0.25, 0.3) is 5.91 Å². The van der Waals surface area contributed by atoms with Gasteiger partial charge in [0.1, 0.15) is 5.82 Å². The van der Waals surface area contributed by atoms with E-state index < -0.39 is 0 Å². The minimum absolute atomic E-state index is 0.0701. The van der Waals surface area contributed by atoms with Crippen LogP contribution in [-0.4, -0.2) is 23.9 Å². The van der Waals surface area contributed by atoms with E-state index >= 15 is 0 Å². The highest BCUT2D eigenvalue weighted by atomic mass is 19.1. The number of halogens is 1. The lowest BCUT2D eigenvalue weighted by Crippen LogP contribution is -2.27. The SMILES string of the molecule is O=C(c1cccc(-c2cccc(F)c2)c1)N1CCCC1. The van der Waals surface area contributed by atoms with E-state index in [4.69, 9.17) is 0 Å². The molecule has 2 nitrogen and oxygen atoms in total. The predicted octanol–water partition coefficient (Wildman–Crippen LogP) is 3.73. The molecule has 3 rings (SSSR count). The smallest absolute Gasteiger partial charge is 0.253 e. The second-order valence-electron chi connectivity index (χ2n) is 5.09. The summed E-state index contributed by atoms with van der Waals surface area (Å²) < 4.78 is 13.3. The highest BCUT2D eigenvalue weighted by Gasteiger charge is 2.19. The second-order valence-corrected chi connectivity index (χ2v) is 5.09. The number of amides is 1. The number of hydrogen-bond acceptors (Lipinski definition) is 1. The molecule has 1 amide bonds. The minimum Gasteiger partial charge on any atom is -0.339 e. The summed E-state index contributed by atoms with van der Waals surface area (Å²) in [7, 11) is 0. The van der Waals surface area contributed by atoms with Crippen molar-refractivity contribution in [3.05, 3.63) is 59.9 Å². The van der Waals surface area contributed by atoms with E-state index in [0.717, 1.165) is 37.1 Å². The van der Waals surface area contributed by atoms with E-state index in [0.29, 0.717) is 5.56 Å². The summed E-state index contributed by atoms with van der Waals surface area (Å²) in [5.41, 5.74) is 2.34. The molecule has 0 aliphatic carbocycles. The van der Waals surface area contributed by atoms with Crippen LogP contribution in [-0.2, 0) is 0 Å². The van der Waals surface area contributed by atoms with Crippen LogP contribution in [0.4, 0.5) is 4.39 Å². The molecule has 0 spiro atoms. The third kappa shape index (κ3) is 2.57. The summed E-state index contributed by atoms with van der Waals surface area (Å²) in [6.07, 6.45) is 2.16. The van der Waals surface area contributed by atoms with Crippen LogP contribution in [0.15, 0.2) is 48.5 Å². The first-order chi connectivity index (χ1) is 9.74. The standard InChI is InChI=1S/C17H16FNO/c18-16-8-4-6-14(12-16)13-5-3-7-15(11-13)17(20)19-9-1-2-10-19/h3-8,11-12H,1-2,9-10H2. The number of rotatable bonds is 2. The lowest BCUT2D eigenvalue weighted by molar-refractivity contribution is 0.0793. The molecule has 1 saturated heterocycles. The molecule has 2 aromatic carbocycles. The zero-order valence-electron chi connectivity index (χ0n) is 11.2. The molecule has 1 aliphatic heterocycles. The van der Waals surface area contributed by atoms with Gasteiger partial charge in [0.15, 0.2) is 0 Å². The molecule has 1 fully saturated rings. The Bertz CT molecular complexity index is 632. The monoisotopic (exact) mass is 269 g/mol. The Morgan fingerprint density at radius 2 is 1.60 bits per heavy atom. The molecule has 0 aromatic heterocycles. The Balaban J connectivity index is 1.91. The fourth-order valence-corrected chi connectivity index (χ4v) is 2.60. The Kier molecular flexibility index (Phi) is 3.50. The number of nitrogens with zero attached hydrogens (tertiary/aromatic N) is 1. The van der Waals surface area contributed by atoms with Crippen LogP contribution in [0.5, 0.6) is 0 Å². The number of hydrogen-bond donors (Lipinski definition) is 0. The van der Waals surface area contributed by atoms with Crippen LogP contribution in [0.3, 0.4) is 0 Å². The Morgan fingerprint density at radius 1 is 0.950 bits per heavy atom. The quantitative estimate of drug-likeness (QED) is 0.813. The van der Waals surface area contributed by atoms with Gasteiger partial charge in [0.2, 0.25) is 0 Å². The van der Waals surface area contributed by atoms with Gasteiger partial charge in [-0.15, -0.1) is 0 Å². The maximum Gasteiger partial charge on any atom is 0.253 e. The first kappa shape index (κ1) is 12.9. The lowest BCUT2D eigenvalue weighted by atomic mass is 10.0. The van der Waals surface area contributed by atoms with Crippen molar-refractivity contribution in [2.45, 2.75) is 12.8 Å². The Hall–Kier alpha value is -2.16. The zero-order chi connectivity index (χ0) is 13.9. The topological polar surface area (TPSA) is 20.3 Å². The van der Waals surface area contributed by atoms with Crippen molar-refractivity contribution in [2.24, 2.45) is 0 Å². The Labute approximate surface area is 117 Å². The molecular formula is C17H16FNO. The van der Waals surface area contributed by atoms with Crippen molar-refractivity contribution in [3.8, 4) is 11.1 Å². The second kappa shape index (κ2) is 5.45. The van der Waals surface area contributed by atoms with Crippen molar-refractivity contribution in [3.63, 3.8) is 0 Å². The molecule has 0 bridgehead atoms.